The number of allylic oxidation sites excluding steroid dienone is 1. The molecule has 0 saturated heterocycles. The van der Waals surface area contributed by atoms with Crippen LogP contribution in [0.5, 0.6) is 11.5 Å². The third-order valence-electron chi connectivity index (χ3n) is 3.67. The summed E-state index contributed by atoms with van der Waals surface area (Å²) in [6.45, 7) is 4.61. The zero-order valence-electron chi connectivity index (χ0n) is 13.1. The molecular weight excluding hydrogens is 362 g/mol. The molecule has 3 heterocycles. The predicted octanol–water partition coefficient (Wildman–Crippen LogP) is 4.40. The molecule has 0 bridgehead atoms. The maximum atomic E-state index is 6.34. The minimum atomic E-state index is 0.225. The van der Waals surface area contributed by atoms with E-state index in [1.54, 1.807) is 18.4 Å². The SMILES string of the molecule is C=CCn1c(SCc2cc3c(cc2Cl)OCO3)nnc1-c1ccco1. The van der Waals surface area contributed by atoms with Gasteiger partial charge >= 0.3 is 0 Å². The van der Waals surface area contributed by atoms with Gasteiger partial charge in [-0.05, 0) is 23.8 Å². The fraction of sp³-hybridized carbons (Fsp3) is 0.176. The van der Waals surface area contributed by atoms with Crippen LogP contribution in [0.1, 0.15) is 5.56 Å². The molecule has 0 unspecified atom stereocenters. The van der Waals surface area contributed by atoms with Gasteiger partial charge in [0.05, 0.1) is 6.26 Å². The monoisotopic (exact) mass is 375 g/mol. The van der Waals surface area contributed by atoms with Gasteiger partial charge in [-0.2, -0.15) is 0 Å². The maximum Gasteiger partial charge on any atom is 0.231 e. The van der Waals surface area contributed by atoms with Crippen molar-refractivity contribution >= 4 is 23.4 Å². The Labute approximate surface area is 153 Å². The van der Waals surface area contributed by atoms with Gasteiger partial charge in [0.2, 0.25) is 12.6 Å². The Morgan fingerprint density at radius 3 is 2.88 bits per heavy atom. The molecular formula is C17H14ClN3O3S. The molecule has 1 aliphatic rings. The van der Waals surface area contributed by atoms with Gasteiger partial charge < -0.3 is 13.9 Å². The molecule has 0 saturated carbocycles. The number of fused-ring (bicyclic) bond motifs is 1. The van der Waals surface area contributed by atoms with E-state index in [0.29, 0.717) is 40.4 Å². The van der Waals surface area contributed by atoms with Gasteiger partial charge in [-0.25, -0.2) is 0 Å². The third kappa shape index (κ3) is 3.12. The molecule has 1 aromatic carbocycles. The van der Waals surface area contributed by atoms with Crippen molar-refractivity contribution in [1.82, 2.24) is 14.8 Å². The Morgan fingerprint density at radius 2 is 2.12 bits per heavy atom. The Morgan fingerprint density at radius 1 is 1.28 bits per heavy atom. The molecule has 1 aliphatic heterocycles. The number of thioether (sulfide) groups is 1. The topological polar surface area (TPSA) is 62.3 Å². The summed E-state index contributed by atoms with van der Waals surface area (Å²) in [5.41, 5.74) is 0.948. The van der Waals surface area contributed by atoms with Crippen LogP contribution in [0.15, 0.2) is 52.8 Å². The van der Waals surface area contributed by atoms with Crippen LogP contribution in [0.3, 0.4) is 0 Å². The molecule has 0 spiro atoms. The first kappa shape index (κ1) is 16.1. The number of halogens is 1. The summed E-state index contributed by atoms with van der Waals surface area (Å²) >= 11 is 7.88. The summed E-state index contributed by atoms with van der Waals surface area (Å²) in [4.78, 5) is 0. The Bertz CT molecular complexity index is 908. The second kappa shape index (κ2) is 6.85. The van der Waals surface area contributed by atoms with E-state index < -0.39 is 0 Å². The molecule has 0 radical (unpaired) electrons. The summed E-state index contributed by atoms with van der Waals surface area (Å²) in [6.07, 6.45) is 3.41. The van der Waals surface area contributed by atoms with Crippen LogP contribution in [-0.2, 0) is 12.3 Å². The number of hydrogen-bond donors (Lipinski definition) is 0. The van der Waals surface area contributed by atoms with Gasteiger partial charge in [0, 0.05) is 23.4 Å². The molecule has 8 heteroatoms. The quantitative estimate of drug-likeness (QED) is 0.470. The van der Waals surface area contributed by atoms with E-state index in [-0.39, 0.29) is 6.79 Å². The van der Waals surface area contributed by atoms with E-state index in [4.69, 9.17) is 25.5 Å². The Kier molecular flexibility index (Phi) is 4.42. The van der Waals surface area contributed by atoms with Gasteiger partial charge in [-0.3, -0.25) is 4.57 Å². The van der Waals surface area contributed by atoms with Crippen molar-refractivity contribution in [3.05, 3.63) is 53.8 Å². The van der Waals surface area contributed by atoms with Crippen LogP contribution in [0, 0.1) is 0 Å². The maximum absolute atomic E-state index is 6.34. The second-order valence-corrected chi connectivity index (χ2v) is 6.62. The largest absolute Gasteiger partial charge is 0.461 e. The van der Waals surface area contributed by atoms with Crippen molar-refractivity contribution in [3.63, 3.8) is 0 Å². The molecule has 6 nitrogen and oxygen atoms in total. The lowest BCUT2D eigenvalue weighted by Gasteiger charge is -2.08. The van der Waals surface area contributed by atoms with Crippen LogP contribution >= 0.6 is 23.4 Å². The lowest BCUT2D eigenvalue weighted by atomic mass is 10.2. The van der Waals surface area contributed by atoms with Crippen molar-refractivity contribution in [2.24, 2.45) is 0 Å². The molecule has 2 aromatic heterocycles. The molecule has 0 atom stereocenters. The lowest BCUT2D eigenvalue weighted by molar-refractivity contribution is 0.174. The lowest BCUT2D eigenvalue weighted by Crippen LogP contribution is -2.00. The molecule has 0 N–H and O–H groups in total. The van der Waals surface area contributed by atoms with E-state index in [2.05, 4.69) is 16.8 Å². The van der Waals surface area contributed by atoms with Crippen molar-refractivity contribution in [1.29, 1.82) is 0 Å². The van der Waals surface area contributed by atoms with Crippen molar-refractivity contribution in [2.75, 3.05) is 6.79 Å². The number of furan rings is 1. The summed E-state index contributed by atoms with van der Waals surface area (Å²) < 4.78 is 18.1. The number of hydrogen-bond acceptors (Lipinski definition) is 6. The van der Waals surface area contributed by atoms with E-state index >= 15 is 0 Å². The molecule has 4 rings (SSSR count). The highest BCUT2D eigenvalue weighted by atomic mass is 35.5. The molecule has 0 fully saturated rings. The molecule has 3 aromatic rings. The second-order valence-electron chi connectivity index (χ2n) is 5.27. The standard InChI is InChI=1S/C17H14ClN3O3S/c1-2-5-21-16(13-4-3-6-22-13)19-20-17(21)25-9-11-7-14-15(8-12(11)18)24-10-23-14/h2-4,6-8H,1,5,9-10H2. The average molecular weight is 376 g/mol. The first-order valence-electron chi connectivity index (χ1n) is 7.55. The Balaban J connectivity index is 1.58. The van der Waals surface area contributed by atoms with Gasteiger partial charge in [-0.15, -0.1) is 16.8 Å². The fourth-order valence-corrected chi connectivity index (χ4v) is 3.73. The van der Waals surface area contributed by atoms with Crippen molar-refractivity contribution < 1.29 is 13.9 Å². The average Bonchev–Trinajstić information content (AvgIpc) is 3.33. The number of benzene rings is 1. The number of ether oxygens (including phenoxy) is 2. The van der Waals surface area contributed by atoms with Crippen molar-refractivity contribution in [2.45, 2.75) is 17.5 Å². The van der Waals surface area contributed by atoms with Gasteiger partial charge in [0.15, 0.2) is 22.4 Å². The first-order valence-corrected chi connectivity index (χ1v) is 8.91. The van der Waals surface area contributed by atoms with E-state index in [1.807, 2.05) is 22.8 Å². The van der Waals surface area contributed by atoms with E-state index in [1.165, 1.54) is 11.8 Å². The first-order chi connectivity index (χ1) is 12.3. The summed E-state index contributed by atoms with van der Waals surface area (Å²) in [7, 11) is 0. The smallest absolute Gasteiger partial charge is 0.231 e. The normalized spacial score (nSPS) is 12.5. The van der Waals surface area contributed by atoms with Gasteiger partial charge in [-0.1, -0.05) is 29.4 Å². The fourth-order valence-electron chi connectivity index (χ4n) is 2.49. The number of rotatable bonds is 6. The van der Waals surface area contributed by atoms with Crippen LogP contribution in [-0.4, -0.2) is 21.6 Å². The van der Waals surface area contributed by atoms with Crippen LogP contribution < -0.4 is 9.47 Å². The van der Waals surface area contributed by atoms with Crippen LogP contribution in [0.4, 0.5) is 0 Å². The number of nitrogens with zero attached hydrogens (tertiary/aromatic N) is 3. The highest BCUT2D eigenvalue weighted by Crippen LogP contribution is 2.38. The van der Waals surface area contributed by atoms with E-state index in [9.17, 15) is 0 Å². The molecule has 0 amide bonds. The van der Waals surface area contributed by atoms with Crippen LogP contribution in [0.25, 0.3) is 11.6 Å². The number of aromatic nitrogens is 3. The Hall–Kier alpha value is -2.38. The van der Waals surface area contributed by atoms with Gasteiger partial charge in [0.1, 0.15) is 0 Å². The molecule has 25 heavy (non-hydrogen) atoms. The highest BCUT2D eigenvalue weighted by molar-refractivity contribution is 7.98. The zero-order chi connectivity index (χ0) is 17.2. The zero-order valence-corrected chi connectivity index (χ0v) is 14.7. The minimum Gasteiger partial charge on any atom is -0.461 e. The molecule has 128 valence electrons. The van der Waals surface area contributed by atoms with Gasteiger partial charge in [0.25, 0.3) is 0 Å². The third-order valence-corrected chi connectivity index (χ3v) is 5.04. The van der Waals surface area contributed by atoms with Crippen molar-refractivity contribution in [3.8, 4) is 23.1 Å². The summed E-state index contributed by atoms with van der Waals surface area (Å²) in [6, 6.07) is 7.36. The minimum absolute atomic E-state index is 0.225. The van der Waals surface area contributed by atoms with Crippen LogP contribution in [0.2, 0.25) is 5.02 Å². The summed E-state index contributed by atoms with van der Waals surface area (Å²) in [5, 5.41) is 9.92. The highest BCUT2D eigenvalue weighted by Gasteiger charge is 2.19. The molecule has 0 aliphatic carbocycles. The predicted molar refractivity (Wildman–Crippen MR) is 95.1 cm³/mol. The van der Waals surface area contributed by atoms with E-state index in [0.717, 1.165) is 10.7 Å². The summed E-state index contributed by atoms with van der Waals surface area (Å²) in [5.74, 6) is 3.35.